The van der Waals surface area contributed by atoms with E-state index < -0.39 is 10.0 Å². The molecule has 0 bridgehead atoms. The zero-order valence-electron chi connectivity index (χ0n) is 18.6. The summed E-state index contributed by atoms with van der Waals surface area (Å²) >= 11 is 0. The van der Waals surface area contributed by atoms with E-state index in [1.165, 1.54) is 17.7 Å². The zero-order valence-corrected chi connectivity index (χ0v) is 19.4. The molecule has 0 aromatic heterocycles. The molecule has 2 aliphatic rings. The number of hydrogen-bond acceptors (Lipinski definition) is 5. The minimum atomic E-state index is -3.89. The van der Waals surface area contributed by atoms with Crippen molar-refractivity contribution in [2.24, 2.45) is 0 Å². The second kappa shape index (κ2) is 9.38. The summed E-state index contributed by atoms with van der Waals surface area (Å²) in [4.78, 5) is 13.0. The van der Waals surface area contributed by atoms with Crippen LogP contribution in [-0.2, 0) is 16.4 Å². The second-order valence-corrected chi connectivity index (χ2v) is 10.1. The van der Waals surface area contributed by atoms with E-state index in [0.29, 0.717) is 36.0 Å². The molecule has 1 aliphatic heterocycles. The lowest BCUT2D eigenvalue weighted by molar-refractivity contribution is 0.0932. The Morgan fingerprint density at radius 1 is 0.882 bits per heavy atom. The number of carbonyl (C=O) groups excluding carboxylic acids is 1. The molecule has 1 unspecified atom stereocenters. The first kappa shape index (κ1) is 22.3. The zero-order chi connectivity index (χ0) is 23.5. The molecule has 0 fully saturated rings. The van der Waals surface area contributed by atoms with Gasteiger partial charge in [0, 0.05) is 23.7 Å². The molecular weight excluding hydrogens is 452 g/mol. The molecule has 1 amide bonds. The lowest BCUT2D eigenvalue weighted by atomic mass is 9.87. The Bertz CT molecular complexity index is 1320. The molecule has 176 valence electrons. The summed E-state index contributed by atoms with van der Waals surface area (Å²) in [5, 5.41) is 3.11. The first-order chi connectivity index (χ1) is 16.5. The Morgan fingerprint density at radius 2 is 1.71 bits per heavy atom. The number of sulfonamides is 1. The fourth-order valence-corrected chi connectivity index (χ4v) is 5.46. The van der Waals surface area contributed by atoms with Crippen molar-refractivity contribution in [2.75, 3.05) is 17.9 Å². The number of aryl methyl sites for hydroxylation is 1. The summed E-state index contributed by atoms with van der Waals surface area (Å²) < 4.78 is 39.8. The predicted octanol–water partition coefficient (Wildman–Crippen LogP) is 4.46. The van der Waals surface area contributed by atoms with Gasteiger partial charge in [0.15, 0.2) is 11.5 Å². The SMILES string of the molecule is O=C(NC1CCCc2ccccc21)c1cccc(NS(=O)(=O)c2ccc3c(c2)OCCCO3)c1. The van der Waals surface area contributed by atoms with Gasteiger partial charge in [0.25, 0.3) is 15.9 Å². The maximum Gasteiger partial charge on any atom is 0.262 e. The Hall–Kier alpha value is -3.52. The summed E-state index contributed by atoms with van der Waals surface area (Å²) in [7, 11) is -3.89. The Morgan fingerprint density at radius 3 is 2.59 bits per heavy atom. The maximum absolute atomic E-state index is 13.0. The van der Waals surface area contributed by atoms with Gasteiger partial charge in [-0.2, -0.15) is 0 Å². The summed E-state index contributed by atoms with van der Waals surface area (Å²) in [5.74, 6) is 0.694. The third-order valence-corrected chi connectivity index (χ3v) is 7.46. The highest BCUT2D eigenvalue weighted by atomic mass is 32.2. The number of carbonyl (C=O) groups is 1. The number of amides is 1. The second-order valence-electron chi connectivity index (χ2n) is 8.46. The van der Waals surface area contributed by atoms with Crippen LogP contribution < -0.4 is 19.5 Å². The molecule has 3 aromatic rings. The Labute approximate surface area is 199 Å². The summed E-state index contributed by atoms with van der Waals surface area (Å²) in [6, 6.07) is 19.1. The van der Waals surface area contributed by atoms with Gasteiger partial charge in [-0.3, -0.25) is 9.52 Å². The highest BCUT2D eigenvalue weighted by Gasteiger charge is 2.23. The van der Waals surface area contributed by atoms with Crippen LogP contribution in [0.25, 0.3) is 0 Å². The third kappa shape index (κ3) is 4.72. The van der Waals surface area contributed by atoms with Crippen LogP contribution in [0.15, 0.2) is 71.6 Å². The molecule has 5 rings (SSSR count). The number of fused-ring (bicyclic) bond motifs is 2. The van der Waals surface area contributed by atoms with Crippen molar-refractivity contribution in [3.63, 3.8) is 0 Å². The van der Waals surface area contributed by atoms with Gasteiger partial charge in [-0.1, -0.05) is 30.3 Å². The van der Waals surface area contributed by atoms with Crippen molar-refractivity contribution in [2.45, 2.75) is 36.6 Å². The lowest BCUT2D eigenvalue weighted by Gasteiger charge is -2.26. The normalized spacial score (nSPS) is 17.2. The fraction of sp³-hybridized carbons (Fsp3) is 0.269. The van der Waals surface area contributed by atoms with E-state index in [1.807, 2.05) is 12.1 Å². The van der Waals surface area contributed by atoms with Crippen LogP contribution in [-0.4, -0.2) is 27.5 Å². The molecule has 0 saturated carbocycles. The molecule has 7 nitrogen and oxygen atoms in total. The van der Waals surface area contributed by atoms with Gasteiger partial charge in [0.05, 0.1) is 24.2 Å². The predicted molar refractivity (Wildman–Crippen MR) is 129 cm³/mol. The van der Waals surface area contributed by atoms with Crippen molar-refractivity contribution in [3.05, 3.63) is 83.4 Å². The number of benzene rings is 3. The van der Waals surface area contributed by atoms with Crippen molar-refractivity contribution in [3.8, 4) is 11.5 Å². The molecule has 3 aromatic carbocycles. The van der Waals surface area contributed by atoms with Crippen molar-refractivity contribution >= 4 is 21.6 Å². The van der Waals surface area contributed by atoms with Crippen LogP contribution in [0.3, 0.4) is 0 Å². The molecule has 0 spiro atoms. The van der Waals surface area contributed by atoms with Crippen LogP contribution >= 0.6 is 0 Å². The molecule has 34 heavy (non-hydrogen) atoms. The van der Waals surface area contributed by atoms with Gasteiger partial charge >= 0.3 is 0 Å². The van der Waals surface area contributed by atoms with Crippen LogP contribution in [0.5, 0.6) is 11.5 Å². The lowest BCUT2D eigenvalue weighted by Crippen LogP contribution is -2.31. The van der Waals surface area contributed by atoms with E-state index in [2.05, 4.69) is 22.2 Å². The van der Waals surface area contributed by atoms with Crippen LogP contribution in [0, 0.1) is 0 Å². The first-order valence-electron chi connectivity index (χ1n) is 11.4. The van der Waals surface area contributed by atoms with Gasteiger partial charge in [0.2, 0.25) is 0 Å². The number of ether oxygens (including phenoxy) is 2. The standard InChI is InChI=1S/C26H26N2O5S/c29-26(27-23-11-4-7-18-6-1-2-10-22(18)23)19-8-3-9-20(16-19)28-34(30,31)21-12-13-24-25(17-21)33-15-5-14-32-24/h1-3,6,8-10,12-13,16-17,23,28H,4-5,7,11,14-15H2,(H,27,29). The summed E-state index contributed by atoms with van der Waals surface area (Å²) in [6.45, 7) is 0.991. The minimum Gasteiger partial charge on any atom is -0.490 e. The summed E-state index contributed by atoms with van der Waals surface area (Å²) in [6.07, 6.45) is 3.63. The van der Waals surface area contributed by atoms with E-state index in [0.717, 1.165) is 31.2 Å². The largest absolute Gasteiger partial charge is 0.490 e. The topological polar surface area (TPSA) is 93.7 Å². The Kier molecular flexibility index (Phi) is 6.15. The Balaban J connectivity index is 1.32. The van der Waals surface area contributed by atoms with Crippen LogP contribution in [0.4, 0.5) is 5.69 Å². The van der Waals surface area contributed by atoms with Crippen molar-refractivity contribution in [1.82, 2.24) is 5.32 Å². The molecule has 8 heteroatoms. The number of anilines is 1. The van der Waals surface area contributed by atoms with Crippen LogP contribution in [0.1, 0.15) is 46.8 Å². The number of hydrogen-bond donors (Lipinski definition) is 2. The van der Waals surface area contributed by atoms with Crippen molar-refractivity contribution < 1.29 is 22.7 Å². The molecule has 0 saturated heterocycles. The average molecular weight is 479 g/mol. The third-order valence-electron chi connectivity index (χ3n) is 6.08. The average Bonchev–Trinajstić information content (AvgIpc) is 3.09. The van der Waals surface area contributed by atoms with E-state index in [-0.39, 0.29) is 16.8 Å². The van der Waals surface area contributed by atoms with Gasteiger partial charge < -0.3 is 14.8 Å². The molecule has 1 aliphatic carbocycles. The quantitative estimate of drug-likeness (QED) is 0.565. The van der Waals surface area contributed by atoms with E-state index >= 15 is 0 Å². The smallest absolute Gasteiger partial charge is 0.262 e. The van der Waals surface area contributed by atoms with E-state index in [9.17, 15) is 13.2 Å². The first-order valence-corrected chi connectivity index (χ1v) is 12.9. The molecule has 1 heterocycles. The van der Waals surface area contributed by atoms with E-state index in [4.69, 9.17) is 9.47 Å². The highest BCUT2D eigenvalue weighted by molar-refractivity contribution is 7.92. The molecule has 2 N–H and O–H groups in total. The number of nitrogens with one attached hydrogen (secondary N) is 2. The number of rotatable bonds is 5. The van der Waals surface area contributed by atoms with E-state index in [1.54, 1.807) is 30.3 Å². The summed E-state index contributed by atoms with van der Waals surface area (Å²) in [5.41, 5.74) is 3.11. The highest BCUT2D eigenvalue weighted by Crippen LogP contribution is 2.33. The van der Waals surface area contributed by atoms with Gasteiger partial charge in [0.1, 0.15) is 0 Å². The molecule has 1 atom stereocenters. The van der Waals surface area contributed by atoms with Gasteiger partial charge in [-0.25, -0.2) is 8.42 Å². The monoisotopic (exact) mass is 478 g/mol. The van der Waals surface area contributed by atoms with Crippen LogP contribution in [0.2, 0.25) is 0 Å². The van der Waals surface area contributed by atoms with Gasteiger partial charge in [-0.15, -0.1) is 0 Å². The molecule has 0 radical (unpaired) electrons. The van der Waals surface area contributed by atoms with Gasteiger partial charge in [-0.05, 0) is 60.7 Å². The van der Waals surface area contributed by atoms with Crippen molar-refractivity contribution in [1.29, 1.82) is 0 Å². The minimum absolute atomic E-state index is 0.0559. The fourth-order valence-electron chi connectivity index (χ4n) is 4.39. The maximum atomic E-state index is 13.0. The molecular formula is C26H26N2O5S.